The van der Waals surface area contributed by atoms with E-state index in [0.717, 1.165) is 10.4 Å². The summed E-state index contributed by atoms with van der Waals surface area (Å²) in [6, 6.07) is 20.6. The molecule has 4 nitrogen and oxygen atoms in total. The van der Waals surface area contributed by atoms with E-state index < -0.39 is 16.2 Å². The molecule has 0 bridgehead atoms. The number of thiophene rings is 1. The predicted molar refractivity (Wildman–Crippen MR) is 96.3 cm³/mol. The Hall–Kier alpha value is -2.15. The Morgan fingerprint density at radius 1 is 0.958 bits per heavy atom. The molecule has 0 amide bonds. The van der Waals surface area contributed by atoms with Gasteiger partial charge in [0.15, 0.2) is 0 Å². The Labute approximate surface area is 145 Å². The number of nitrogens with one attached hydrogen (secondary N) is 1. The van der Waals surface area contributed by atoms with Crippen molar-refractivity contribution < 1.29 is 8.42 Å². The first-order chi connectivity index (χ1) is 11.7. The van der Waals surface area contributed by atoms with E-state index in [0.29, 0.717) is 17.1 Å². The number of benzene rings is 2. The van der Waals surface area contributed by atoms with Crippen molar-refractivity contribution in [3.8, 4) is 0 Å². The minimum atomic E-state index is -3.58. The fraction of sp³-hybridized carbons (Fsp3) is 0.111. The molecule has 0 unspecified atom stereocenters. The van der Waals surface area contributed by atoms with Crippen LogP contribution >= 0.6 is 11.3 Å². The summed E-state index contributed by atoms with van der Waals surface area (Å²) in [6.07, 6.45) is -0.398. The second kappa shape index (κ2) is 6.05. The SMILES string of the molecule is O=S1(=O)c2ccccc2N[C@@H](c2cccs2)N1Cc1ccccc1. The van der Waals surface area contributed by atoms with Crippen molar-refractivity contribution in [2.24, 2.45) is 0 Å². The molecular weight excluding hydrogens is 340 g/mol. The summed E-state index contributed by atoms with van der Waals surface area (Å²) < 4.78 is 27.9. The van der Waals surface area contributed by atoms with Crippen molar-refractivity contribution >= 4 is 27.0 Å². The lowest BCUT2D eigenvalue weighted by Crippen LogP contribution is -2.41. The number of hydrogen-bond acceptors (Lipinski definition) is 4. The average molecular weight is 356 g/mol. The smallest absolute Gasteiger partial charge is 0.247 e. The fourth-order valence-corrected chi connectivity index (χ4v) is 5.42. The third-order valence-corrected chi connectivity index (χ3v) is 6.84. The molecule has 1 aliphatic rings. The standard InChI is InChI=1S/C18H16N2O2S2/c21-24(22)17-11-5-4-9-15(17)19-18(16-10-6-12-23-16)20(24)13-14-7-2-1-3-8-14/h1-12,18-19H,13H2/t18-/m1/s1. The van der Waals surface area contributed by atoms with Crippen LogP contribution in [0.15, 0.2) is 77.0 Å². The molecule has 0 radical (unpaired) electrons. The molecule has 1 atom stereocenters. The van der Waals surface area contributed by atoms with Gasteiger partial charge in [-0.05, 0) is 29.1 Å². The largest absolute Gasteiger partial charge is 0.363 e. The van der Waals surface area contributed by atoms with Crippen molar-refractivity contribution in [2.45, 2.75) is 17.6 Å². The molecule has 0 saturated heterocycles. The van der Waals surface area contributed by atoms with Gasteiger partial charge >= 0.3 is 0 Å². The Bertz CT molecular complexity index is 938. The highest BCUT2D eigenvalue weighted by Gasteiger charge is 2.39. The lowest BCUT2D eigenvalue weighted by Gasteiger charge is -2.36. The number of fused-ring (bicyclic) bond motifs is 1. The van der Waals surface area contributed by atoms with Gasteiger partial charge in [-0.2, -0.15) is 4.31 Å². The number of anilines is 1. The second-order valence-electron chi connectivity index (χ2n) is 5.59. The van der Waals surface area contributed by atoms with E-state index in [1.165, 1.54) is 4.31 Å². The Balaban J connectivity index is 1.83. The zero-order chi connectivity index (χ0) is 16.6. The minimum absolute atomic E-state index is 0.326. The molecule has 0 fully saturated rings. The third kappa shape index (κ3) is 2.62. The number of nitrogens with zero attached hydrogens (tertiary/aromatic N) is 1. The van der Waals surface area contributed by atoms with Crippen LogP contribution in [0.4, 0.5) is 5.69 Å². The van der Waals surface area contributed by atoms with Gasteiger partial charge in [0.05, 0.1) is 5.69 Å². The normalized spacial score (nSPS) is 19.4. The quantitative estimate of drug-likeness (QED) is 0.770. The highest BCUT2D eigenvalue weighted by Crippen LogP contribution is 2.40. The van der Waals surface area contributed by atoms with Gasteiger partial charge in [-0.15, -0.1) is 11.3 Å². The first kappa shape index (κ1) is 15.4. The number of hydrogen-bond donors (Lipinski definition) is 1. The van der Waals surface area contributed by atoms with Crippen LogP contribution in [0.1, 0.15) is 16.6 Å². The lowest BCUT2D eigenvalue weighted by atomic mass is 10.2. The Morgan fingerprint density at radius 2 is 1.71 bits per heavy atom. The average Bonchev–Trinajstić information content (AvgIpc) is 3.13. The zero-order valence-corrected chi connectivity index (χ0v) is 14.4. The van der Waals surface area contributed by atoms with E-state index in [1.807, 2.05) is 60.0 Å². The summed E-state index contributed by atoms with van der Waals surface area (Å²) in [6.45, 7) is 0.326. The summed E-state index contributed by atoms with van der Waals surface area (Å²) in [5.74, 6) is 0. The minimum Gasteiger partial charge on any atom is -0.363 e. The Morgan fingerprint density at radius 3 is 2.46 bits per heavy atom. The summed E-state index contributed by atoms with van der Waals surface area (Å²) in [7, 11) is -3.58. The lowest BCUT2D eigenvalue weighted by molar-refractivity contribution is 0.340. The summed E-state index contributed by atoms with van der Waals surface area (Å²) in [4.78, 5) is 1.30. The maximum atomic E-state index is 13.2. The van der Waals surface area contributed by atoms with E-state index in [2.05, 4.69) is 5.32 Å². The van der Waals surface area contributed by atoms with Gasteiger partial charge in [0.2, 0.25) is 10.0 Å². The first-order valence-electron chi connectivity index (χ1n) is 7.61. The molecule has 0 saturated carbocycles. The van der Waals surface area contributed by atoms with Crippen LogP contribution < -0.4 is 5.32 Å². The number of rotatable bonds is 3. The van der Waals surface area contributed by atoms with Crippen LogP contribution in [0, 0.1) is 0 Å². The first-order valence-corrected chi connectivity index (χ1v) is 9.93. The van der Waals surface area contributed by atoms with Crippen LogP contribution in [-0.4, -0.2) is 12.7 Å². The molecule has 1 N–H and O–H groups in total. The van der Waals surface area contributed by atoms with Crippen molar-refractivity contribution in [1.82, 2.24) is 4.31 Å². The molecule has 2 heterocycles. The highest BCUT2D eigenvalue weighted by molar-refractivity contribution is 7.89. The zero-order valence-electron chi connectivity index (χ0n) is 12.8. The maximum Gasteiger partial charge on any atom is 0.247 e. The molecule has 122 valence electrons. The van der Waals surface area contributed by atoms with Crippen molar-refractivity contribution in [1.29, 1.82) is 0 Å². The van der Waals surface area contributed by atoms with E-state index in [-0.39, 0.29) is 0 Å². The van der Waals surface area contributed by atoms with E-state index in [9.17, 15) is 8.42 Å². The number of sulfonamides is 1. The van der Waals surface area contributed by atoms with Crippen LogP contribution in [0.2, 0.25) is 0 Å². The molecule has 4 rings (SSSR count). The van der Waals surface area contributed by atoms with Gasteiger partial charge in [-0.3, -0.25) is 0 Å². The monoisotopic (exact) mass is 356 g/mol. The molecule has 3 aromatic rings. The predicted octanol–water partition coefficient (Wildman–Crippen LogP) is 4.06. The van der Waals surface area contributed by atoms with Gasteiger partial charge in [-0.25, -0.2) is 8.42 Å². The van der Waals surface area contributed by atoms with E-state index in [4.69, 9.17) is 0 Å². The van der Waals surface area contributed by atoms with Crippen LogP contribution in [0.5, 0.6) is 0 Å². The molecule has 0 aliphatic carbocycles. The van der Waals surface area contributed by atoms with Crippen molar-refractivity contribution in [3.63, 3.8) is 0 Å². The van der Waals surface area contributed by atoms with Crippen LogP contribution in [-0.2, 0) is 16.6 Å². The molecule has 6 heteroatoms. The molecule has 0 spiro atoms. The molecule has 1 aromatic heterocycles. The Kier molecular flexibility index (Phi) is 3.88. The molecule has 1 aliphatic heterocycles. The maximum absolute atomic E-state index is 13.2. The fourth-order valence-electron chi connectivity index (χ4n) is 2.89. The van der Waals surface area contributed by atoms with Gasteiger partial charge in [-0.1, -0.05) is 48.5 Å². The van der Waals surface area contributed by atoms with Crippen LogP contribution in [0.3, 0.4) is 0 Å². The van der Waals surface area contributed by atoms with Crippen molar-refractivity contribution in [3.05, 3.63) is 82.6 Å². The van der Waals surface area contributed by atoms with Gasteiger partial charge in [0.25, 0.3) is 0 Å². The third-order valence-electron chi connectivity index (χ3n) is 4.05. The van der Waals surface area contributed by atoms with Crippen LogP contribution in [0.25, 0.3) is 0 Å². The topological polar surface area (TPSA) is 49.4 Å². The van der Waals surface area contributed by atoms with Crippen molar-refractivity contribution in [2.75, 3.05) is 5.32 Å². The summed E-state index contributed by atoms with van der Waals surface area (Å²) >= 11 is 1.55. The summed E-state index contributed by atoms with van der Waals surface area (Å²) in [5.41, 5.74) is 1.61. The molecule has 24 heavy (non-hydrogen) atoms. The number of para-hydroxylation sites is 1. The molecular formula is C18H16N2O2S2. The van der Waals surface area contributed by atoms with Gasteiger partial charge < -0.3 is 5.32 Å². The van der Waals surface area contributed by atoms with Gasteiger partial charge in [0.1, 0.15) is 11.1 Å². The van der Waals surface area contributed by atoms with E-state index in [1.54, 1.807) is 23.5 Å². The van der Waals surface area contributed by atoms with Gasteiger partial charge in [0, 0.05) is 11.4 Å². The molecule has 2 aromatic carbocycles. The highest BCUT2D eigenvalue weighted by atomic mass is 32.2. The second-order valence-corrected chi connectivity index (χ2v) is 8.43. The summed E-state index contributed by atoms with van der Waals surface area (Å²) in [5, 5.41) is 5.35. The van der Waals surface area contributed by atoms with E-state index >= 15 is 0 Å².